The standard InChI is InChI=1S/C18H18N2O3S/c1-3-4-14-19-17-16(18(23)20(14)9-15(21)22)13(10-24-17)12-7-5-11(2)6-8-12/h5-8,10H,3-4,9H2,1-2H3,(H,21,22). The minimum absolute atomic E-state index is 0.275. The first-order valence-corrected chi connectivity index (χ1v) is 8.69. The Labute approximate surface area is 143 Å². The molecule has 3 aromatic rings. The van der Waals surface area contributed by atoms with Crippen molar-refractivity contribution in [3.05, 3.63) is 51.4 Å². The lowest BCUT2D eigenvalue weighted by Crippen LogP contribution is -2.28. The van der Waals surface area contributed by atoms with Crippen LogP contribution in [0.3, 0.4) is 0 Å². The fraction of sp³-hybridized carbons (Fsp3) is 0.278. The first-order chi connectivity index (χ1) is 11.5. The van der Waals surface area contributed by atoms with Crippen LogP contribution in [-0.2, 0) is 17.8 Å². The number of hydrogen-bond donors (Lipinski definition) is 1. The molecule has 3 rings (SSSR count). The normalized spacial score (nSPS) is 11.1. The molecule has 2 aromatic heterocycles. The van der Waals surface area contributed by atoms with Crippen LogP contribution in [0, 0.1) is 6.92 Å². The van der Waals surface area contributed by atoms with Gasteiger partial charge in [0.25, 0.3) is 5.56 Å². The molecule has 0 atom stereocenters. The highest BCUT2D eigenvalue weighted by Gasteiger charge is 2.18. The van der Waals surface area contributed by atoms with Crippen LogP contribution in [0.1, 0.15) is 24.7 Å². The largest absolute Gasteiger partial charge is 0.480 e. The van der Waals surface area contributed by atoms with Crippen LogP contribution in [-0.4, -0.2) is 20.6 Å². The van der Waals surface area contributed by atoms with E-state index in [2.05, 4.69) is 4.98 Å². The van der Waals surface area contributed by atoms with E-state index in [0.717, 1.165) is 23.1 Å². The van der Waals surface area contributed by atoms with Crippen molar-refractivity contribution < 1.29 is 9.90 Å². The van der Waals surface area contributed by atoms with E-state index in [1.165, 1.54) is 15.9 Å². The smallest absolute Gasteiger partial charge is 0.323 e. The van der Waals surface area contributed by atoms with E-state index in [1.54, 1.807) is 0 Å². The van der Waals surface area contributed by atoms with Gasteiger partial charge < -0.3 is 5.11 Å². The van der Waals surface area contributed by atoms with Gasteiger partial charge in [-0.2, -0.15) is 0 Å². The van der Waals surface area contributed by atoms with E-state index in [9.17, 15) is 9.59 Å². The van der Waals surface area contributed by atoms with Crippen LogP contribution in [0.15, 0.2) is 34.4 Å². The molecule has 0 saturated heterocycles. The Morgan fingerprint density at radius 2 is 2.00 bits per heavy atom. The Morgan fingerprint density at radius 3 is 2.62 bits per heavy atom. The molecule has 0 aliphatic carbocycles. The number of aliphatic carboxylic acids is 1. The zero-order chi connectivity index (χ0) is 17.3. The number of thiophene rings is 1. The van der Waals surface area contributed by atoms with Gasteiger partial charge in [0.05, 0.1) is 5.39 Å². The van der Waals surface area contributed by atoms with Crippen molar-refractivity contribution >= 4 is 27.5 Å². The summed E-state index contributed by atoms with van der Waals surface area (Å²) in [6.45, 7) is 3.63. The number of nitrogens with zero attached hydrogens (tertiary/aromatic N) is 2. The molecule has 0 radical (unpaired) electrons. The van der Waals surface area contributed by atoms with Gasteiger partial charge >= 0.3 is 5.97 Å². The topological polar surface area (TPSA) is 72.2 Å². The molecule has 0 unspecified atom stereocenters. The summed E-state index contributed by atoms with van der Waals surface area (Å²) in [4.78, 5) is 29.3. The van der Waals surface area contributed by atoms with Crippen molar-refractivity contribution in [1.29, 1.82) is 0 Å². The number of aryl methyl sites for hydroxylation is 2. The molecule has 2 heterocycles. The molecule has 0 aliphatic heterocycles. The second kappa shape index (κ2) is 6.57. The van der Waals surface area contributed by atoms with Crippen molar-refractivity contribution in [3.8, 4) is 11.1 Å². The molecule has 0 amide bonds. The van der Waals surface area contributed by atoms with Gasteiger partial charge in [0, 0.05) is 17.4 Å². The lowest BCUT2D eigenvalue weighted by atomic mass is 10.0. The molecule has 5 nitrogen and oxygen atoms in total. The lowest BCUT2D eigenvalue weighted by Gasteiger charge is -2.10. The van der Waals surface area contributed by atoms with E-state index >= 15 is 0 Å². The summed E-state index contributed by atoms with van der Waals surface area (Å²) in [7, 11) is 0. The first kappa shape index (κ1) is 16.4. The van der Waals surface area contributed by atoms with E-state index in [4.69, 9.17) is 5.11 Å². The van der Waals surface area contributed by atoms with E-state index in [1.807, 2.05) is 43.5 Å². The number of carbonyl (C=O) groups is 1. The predicted octanol–water partition coefficient (Wildman–Crippen LogP) is 3.47. The molecule has 1 aromatic carbocycles. The SMILES string of the molecule is CCCc1nc2scc(-c3ccc(C)cc3)c2c(=O)n1CC(=O)O. The summed E-state index contributed by atoms with van der Waals surface area (Å²) in [5.74, 6) is -0.502. The Hall–Kier alpha value is -2.47. The number of rotatable bonds is 5. The Morgan fingerprint density at radius 1 is 1.29 bits per heavy atom. The van der Waals surface area contributed by atoms with Gasteiger partial charge in [0.15, 0.2) is 0 Å². The van der Waals surface area contributed by atoms with Crippen molar-refractivity contribution in [3.63, 3.8) is 0 Å². The molecule has 0 saturated carbocycles. The van der Waals surface area contributed by atoms with Crippen molar-refractivity contribution in [1.82, 2.24) is 9.55 Å². The van der Waals surface area contributed by atoms with E-state index < -0.39 is 5.97 Å². The molecule has 1 N–H and O–H groups in total. The maximum Gasteiger partial charge on any atom is 0.323 e. The Bertz CT molecular complexity index is 955. The number of fused-ring (bicyclic) bond motifs is 1. The van der Waals surface area contributed by atoms with Gasteiger partial charge in [0.1, 0.15) is 17.2 Å². The van der Waals surface area contributed by atoms with Gasteiger partial charge in [-0.1, -0.05) is 36.8 Å². The predicted molar refractivity (Wildman–Crippen MR) is 95.7 cm³/mol. The lowest BCUT2D eigenvalue weighted by molar-refractivity contribution is -0.137. The number of hydrogen-bond acceptors (Lipinski definition) is 4. The minimum atomic E-state index is -1.04. The fourth-order valence-electron chi connectivity index (χ4n) is 2.72. The highest BCUT2D eigenvalue weighted by atomic mass is 32.1. The number of carboxylic acid groups (broad SMARTS) is 1. The number of aromatic nitrogens is 2. The number of carboxylic acids is 1. The monoisotopic (exact) mass is 342 g/mol. The summed E-state index contributed by atoms with van der Waals surface area (Å²) < 4.78 is 1.29. The van der Waals surface area contributed by atoms with Crippen LogP contribution in [0.5, 0.6) is 0 Å². The van der Waals surface area contributed by atoms with Crippen LogP contribution in [0.2, 0.25) is 0 Å². The van der Waals surface area contributed by atoms with Gasteiger partial charge in [-0.3, -0.25) is 14.2 Å². The van der Waals surface area contributed by atoms with Crippen LogP contribution in [0.25, 0.3) is 21.3 Å². The summed E-state index contributed by atoms with van der Waals surface area (Å²) in [5.41, 5.74) is 2.62. The molecule has 0 aliphatic rings. The molecule has 0 bridgehead atoms. The van der Waals surface area contributed by atoms with E-state index in [0.29, 0.717) is 22.5 Å². The summed E-state index contributed by atoms with van der Waals surface area (Å²) >= 11 is 1.42. The summed E-state index contributed by atoms with van der Waals surface area (Å²) in [6, 6.07) is 7.93. The summed E-state index contributed by atoms with van der Waals surface area (Å²) in [6.07, 6.45) is 1.38. The molecule has 6 heteroatoms. The fourth-order valence-corrected chi connectivity index (χ4v) is 3.68. The molecular weight excluding hydrogens is 324 g/mol. The first-order valence-electron chi connectivity index (χ1n) is 7.81. The van der Waals surface area contributed by atoms with Crippen LogP contribution in [0.4, 0.5) is 0 Å². The Balaban J connectivity index is 2.26. The minimum Gasteiger partial charge on any atom is -0.480 e. The molecular formula is C18H18N2O3S. The zero-order valence-electron chi connectivity index (χ0n) is 13.6. The second-order valence-electron chi connectivity index (χ2n) is 5.76. The van der Waals surface area contributed by atoms with Gasteiger partial charge in [-0.15, -0.1) is 11.3 Å². The molecule has 0 fully saturated rings. The van der Waals surface area contributed by atoms with Gasteiger partial charge in [-0.25, -0.2) is 4.98 Å². The second-order valence-corrected chi connectivity index (χ2v) is 6.62. The van der Waals surface area contributed by atoms with Crippen molar-refractivity contribution in [2.45, 2.75) is 33.2 Å². The average molecular weight is 342 g/mol. The van der Waals surface area contributed by atoms with Crippen molar-refractivity contribution in [2.24, 2.45) is 0 Å². The third-order valence-corrected chi connectivity index (χ3v) is 4.77. The maximum absolute atomic E-state index is 12.9. The van der Waals surface area contributed by atoms with E-state index in [-0.39, 0.29) is 12.1 Å². The molecule has 124 valence electrons. The third-order valence-electron chi connectivity index (χ3n) is 3.90. The maximum atomic E-state index is 12.9. The quantitative estimate of drug-likeness (QED) is 0.770. The highest BCUT2D eigenvalue weighted by Crippen LogP contribution is 2.31. The Kier molecular flexibility index (Phi) is 4.49. The van der Waals surface area contributed by atoms with Gasteiger partial charge in [-0.05, 0) is 18.9 Å². The van der Waals surface area contributed by atoms with Crippen LogP contribution >= 0.6 is 11.3 Å². The highest BCUT2D eigenvalue weighted by molar-refractivity contribution is 7.17. The summed E-state index contributed by atoms with van der Waals surface area (Å²) in [5, 5.41) is 11.6. The molecule has 24 heavy (non-hydrogen) atoms. The third kappa shape index (κ3) is 2.97. The number of benzene rings is 1. The van der Waals surface area contributed by atoms with Crippen LogP contribution < -0.4 is 5.56 Å². The zero-order valence-corrected chi connectivity index (χ0v) is 14.4. The van der Waals surface area contributed by atoms with Gasteiger partial charge in [0.2, 0.25) is 0 Å². The van der Waals surface area contributed by atoms with Crippen molar-refractivity contribution in [2.75, 3.05) is 0 Å². The molecule has 0 spiro atoms. The average Bonchev–Trinajstić information content (AvgIpc) is 2.96.